The van der Waals surface area contributed by atoms with Gasteiger partial charge in [-0.2, -0.15) is 0 Å². The molecule has 0 saturated carbocycles. The third kappa shape index (κ3) is 5.54. The first-order valence-corrected chi connectivity index (χ1v) is 7.20. The van der Waals surface area contributed by atoms with E-state index in [4.69, 9.17) is 9.47 Å². The van der Waals surface area contributed by atoms with Gasteiger partial charge in [0.1, 0.15) is 5.75 Å². The van der Waals surface area contributed by atoms with Gasteiger partial charge in [0.25, 0.3) is 0 Å². The fourth-order valence-corrected chi connectivity index (χ4v) is 2.05. The lowest BCUT2D eigenvalue weighted by Crippen LogP contribution is -1.93. The number of phenols is 1. The number of phenolic OH excluding ortho intramolecular Hbond substituents is 1. The molecule has 0 radical (unpaired) electrons. The van der Waals surface area contributed by atoms with Crippen molar-refractivity contribution >= 4 is 0 Å². The molecule has 0 atom stereocenters. The summed E-state index contributed by atoms with van der Waals surface area (Å²) in [7, 11) is 3.16. The van der Waals surface area contributed by atoms with Gasteiger partial charge < -0.3 is 14.6 Å². The van der Waals surface area contributed by atoms with Crippen molar-refractivity contribution < 1.29 is 14.6 Å². The van der Waals surface area contributed by atoms with Crippen molar-refractivity contribution in [1.82, 2.24) is 0 Å². The summed E-state index contributed by atoms with van der Waals surface area (Å²) in [6.07, 6.45) is 7.18. The maximum Gasteiger partial charge on any atom is 0.164 e. The van der Waals surface area contributed by atoms with Crippen LogP contribution in [0.3, 0.4) is 0 Å². The molecule has 0 aliphatic rings. The Labute approximate surface area is 127 Å². The minimum absolute atomic E-state index is 0.237. The second kappa shape index (κ2) is 8.40. The lowest BCUT2D eigenvalue weighted by atomic mass is 10.0. The van der Waals surface area contributed by atoms with E-state index in [0.29, 0.717) is 17.9 Å². The molecule has 0 aliphatic heterocycles. The molecule has 3 heteroatoms. The highest BCUT2D eigenvalue weighted by molar-refractivity contribution is 5.50. The number of allylic oxidation sites excluding steroid dienone is 4. The number of hydrogen-bond donors (Lipinski definition) is 1. The van der Waals surface area contributed by atoms with E-state index in [0.717, 1.165) is 18.4 Å². The van der Waals surface area contributed by atoms with E-state index in [1.807, 2.05) is 6.07 Å². The molecule has 1 N–H and O–H groups in total. The lowest BCUT2D eigenvalue weighted by Gasteiger charge is -2.11. The van der Waals surface area contributed by atoms with E-state index in [9.17, 15) is 5.11 Å². The molecule has 116 valence electrons. The van der Waals surface area contributed by atoms with Gasteiger partial charge in [-0.05, 0) is 46.1 Å². The third-order valence-electron chi connectivity index (χ3n) is 3.35. The van der Waals surface area contributed by atoms with Crippen LogP contribution >= 0.6 is 0 Å². The summed E-state index contributed by atoms with van der Waals surface area (Å²) in [5, 5.41) is 10.0. The topological polar surface area (TPSA) is 38.7 Å². The molecule has 21 heavy (non-hydrogen) atoms. The van der Waals surface area contributed by atoms with Crippen molar-refractivity contribution in [3.8, 4) is 17.2 Å². The van der Waals surface area contributed by atoms with Gasteiger partial charge in [0.2, 0.25) is 0 Å². The van der Waals surface area contributed by atoms with Crippen LogP contribution in [0.5, 0.6) is 17.2 Å². The second-order valence-corrected chi connectivity index (χ2v) is 5.41. The average molecular weight is 290 g/mol. The normalized spacial score (nSPS) is 11.2. The molecule has 1 aromatic rings. The molecular formula is C18H26O3. The van der Waals surface area contributed by atoms with Crippen molar-refractivity contribution in [2.45, 2.75) is 40.0 Å². The van der Waals surface area contributed by atoms with Crippen LogP contribution in [0, 0.1) is 0 Å². The van der Waals surface area contributed by atoms with Gasteiger partial charge in [-0.3, -0.25) is 0 Å². The minimum atomic E-state index is 0.237. The zero-order valence-electron chi connectivity index (χ0n) is 13.7. The van der Waals surface area contributed by atoms with Gasteiger partial charge in [-0.1, -0.05) is 23.3 Å². The Hall–Kier alpha value is -1.90. The summed E-state index contributed by atoms with van der Waals surface area (Å²) in [5.41, 5.74) is 3.51. The van der Waals surface area contributed by atoms with Crippen LogP contribution in [0.25, 0.3) is 0 Å². The van der Waals surface area contributed by atoms with E-state index < -0.39 is 0 Å². The number of aromatic hydroxyl groups is 1. The largest absolute Gasteiger partial charge is 0.508 e. The average Bonchev–Trinajstić information content (AvgIpc) is 2.45. The van der Waals surface area contributed by atoms with Crippen molar-refractivity contribution in [2.75, 3.05) is 14.2 Å². The van der Waals surface area contributed by atoms with E-state index in [2.05, 4.69) is 32.9 Å². The summed E-state index contributed by atoms with van der Waals surface area (Å²) >= 11 is 0. The number of methoxy groups -OCH3 is 2. The predicted octanol–water partition coefficient (Wildman–Crippen LogP) is 4.64. The third-order valence-corrected chi connectivity index (χ3v) is 3.35. The number of hydrogen-bond acceptors (Lipinski definition) is 3. The van der Waals surface area contributed by atoms with Crippen molar-refractivity contribution in [3.05, 3.63) is 41.0 Å². The smallest absolute Gasteiger partial charge is 0.164 e. The highest BCUT2D eigenvalue weighted by Crippen LogP contribution is 2.34. The first-order chi connectivity index (χ1) is 9.97. The van der Waals surface area contributed by atoms with Crippen LogP contribution in [0.4, 0.5) is 0 Å². The molecule has 0 heterocycles. The Morgan fingerprint density at radius 1 is 1.05 bits per heavy atom. The van der Waals surface area contributed by atoms with Crippen LogP contribution in [-0.4, -0.2) is 19.3 Å². The Morgan fingerprint density at radius 3 is 2.24 bits per heavy atom. The zero-order valence-corrected chi connectivity index (χ0v) is 13.7. The van der Waals surface area contributed by atoms with Crippen molar-refractivity contribution in [1.29, 1.82) is 0 Å². The maximum absolute atomic E-state index is 10.0. The predicted molar refractivity (Wildman–Crippen MR) is 87.3 cm³/mol. The molecule has 1 aromatic carbocycles. The Bertz CT molecular complexity index is 524. The molecule has 0 spiro atoms. The quantitative estimate of drug-likeness (QED) is 0.743. The molecule has 0 amide bonds. The van der Waals surface area contributed by atoms with E-state index in [1.54, 1.807) is 20.3 Å². The standard InChI is InChI=1S/C18H26O3/c1-13(2)7-6-8-14(3)9-10-15-11-17(20-4)18(21-5)12-16(15)19/h7,9,11-12,19H,6,8,10H2,1-5H3. The van der Waals surface area contributed by atoms with Gasteiger partial charge in [0.05, 0.1) is 14.2 Å². The minimum Gasteiger partial charge on any atom is -0.508 e. The molecular weight excluding hydrogens is 264 g/mol. The molecule has 0 saturated heterocycles. The van der Waals surface area contributed by atoms with Crippen LogP contribution in [0.15, 0.2) is 35.4 Å². The lowest BCUT2D eigenvalue weighted by molar-refractivity contribution is 0.350. The highest BCUT2D eigenvalue weighted by Gasteiger charge is 2.09. The maximum atomic E-state index is 10.0. The Kier molecular flexibility index (Phi) is 6.86. The summed E-state index contributed by atoms with van der Waals surface area (Å²) in [5.74, 6) is 1.42. The Morgan fingerprint density at radius 2 is 1.67 bits per heavy atom. The molecule has 0 aromatic heterocycles. The summed E-state index contributed by atoms with van der Waals surface area (Å²) < 4.78 is 10.4. The fraction of sp³-hybridized carbons (Fsp3) is 0.444. The first kappa shape index (κ1) is 17.2. The second-order valence-electron chi connectivity index (χ2n) is 5.41. The summed E-state index contributed by atoms with van der Waals surface area (Å²) in [6, 6.07) is 3.43. The van der Waals surface area contributed by atoms with Gasteiger partial charge in [-0.25, -0.2) is 0 Å². The molecule has 0 unspecified atom stereocenters. The monoisotopic (exact) mass is 290 g/mol. The van der Waals surface area contributed by atoms with Crippen molar-refractivity contribution in [3.63, 3.8) is 0 Å². The van der Waals surface area contributed by atoms with Crippen molar-refractivity contribution in [2.24, 2.45) is 0 Å². The number of benzene rings is 1. The van der Waals surface area contributed by atoms with Crippen LogP contribution in [0.2, 0.25) is 0 Å². The Balaban J connectivity index is 2.76. The molecule has 0 aliphatic carbocycles. The number of rotatable bonds is 7. The van der Waals surface area contributed by atoms with E-state index >= 15 is 0 Å². The molecule has 3 nitrogen and oxygen atoms in total. The van der Waals surface area contributed by atoms with Gasteiger partial charge in [0.15, 0.2) is 11.5 Å². The van der Waals surface area contributed by atoms with Gasteiger partial charge >= 0.3 is 0 Å². The van der Waals surface area contributed by atoms with Gasteiger partial charge in [-0.15, -0.1) is 0 Å². The number of ether oxygens (including phenoxy) is 2. The SMILES string of the molecule is COc1cc(O)c(CC=C(C)CCC=C(C)C)cc1OC. The van der Waals surface area contributed by atoms with E-state index in [-0.39, 0.29) is 5.75 Å². The molecule has 0 fully saturated rings. The molecule has 1 rings (SSSR count). The van der Waals surface area contributed by atoms with Crippen LogP contribution in [-0.2, 0) is 6.42 Å². The van der Waals surface area contributed by atoms with Crippen LogP contribution < -0.4 is 9.47 Å². The highest BCUT2D eigenvalue weighted by atomic mass is 16.5. The van der Waals surface area contributed by atoms with E-state index in [1.165, 1.54) is 11.1 Å². The summed E-state index contributed by atoms with van der Waals surface area (Å²) in [6.45, 7) is 6.35. The zero-order chi connectivity index (χ0) is 15.8. The molecule has 0 bridgehead atoms. The van der Waals surface area contributed by atoms with Gasteiger partial charge in [0, 0.05) is 11.6 Å². The fourth-order valence-electron chi connectivity index (χ4n) is 2.05. The summed E-state index contributed by atoms with van der Waals surface area (Å²) in [4.78, 5) is 0. The van der Waals surface area contributed by atoms with Crippen LogP contribution in [0.1, 0.15) is 39.2 Å². The first-order valence-electron chi connectivity index (χ1n) is 7.20.